The zero-order valence-electron chi connectivity index (χ0n) is 22.6. The Bertz CT molecular complexity index is 1510. The molecule has 0 bridgehead atoms. The first-order chi connectivity index (χ1) is 19.1. The van der Waals surface area contributed by atoms with E-state index in [9.17, 15) is 31.2 Å². The number of rotatable bonds is 9. The number of sulfone groups is 1. The minimum Gasteiger partial charge on any atom is -0.369 e. The lowest BCUT2D eigenvalue weighted by Crippen LogP contribution is -2.61. The first kappa shape index (κ1) is 30.4. The van der Waals surface area contributed by atoms with Crippen LogP contribution in [-0.2, 0) is 25.8 Å². The van der Waals surface area contributed by atoms with Gasteiger partial charge in [-0.05, 0) is 53.1 Å². The van der Waals surface area contributed by atoms with Crippen LogP contribution >= 0.6 is 0 Å². The highest BCUT2D eigenvalue weighted by Gasteiger charge is 2.57. The van der Waals surface area contributed by atoms with Gasteiger partial charge < -0.3 is 11.5 Å². The molecule has 41 heavy (non-hydrogen) atoms. The highest BCUT2D eigenvalue weighted by Crippen LogP contribution is 2.41. The van der Waals surface area contributed by atoms with Crippen LogP contribution in [0.5, 0.6) is 0 Å². The van der Waals surface area contributed by atoms with E-state index in [4.69, 9.17) is 11.5 Å². The summed E-state index contributed by atoms with van der Waals surface area (Å²) < 4.78 is 66.3. The van der Waals surface area contributed by atoms with Crippen molar-refractivity contribution in [2.45, 2.75) is 48.5 Å². The van der Waals surface area contributed by atoms with Crippen molar-refractivity contribution >= 4 is 21.5 Å². The monoisotopic (exact) mass is 587 g/mol. The van der Waals surface area contributed by atoms with Crippen molar-refractivity contribution < 1.29 is 31.2 Å². The van der Waals surface area contributed by atoms with E-state index in [0.717, 1.165) is 11.8 Å². The largest absolute Gasteiger partial charge is 0.407 e. The van der Waals surface area contributed by atoms with Crippen molar-refractivity contribution in [3.05, 3.63) is 90.0 Å². The van der Waals surface area contributed by atoms with Crippen molar-refractivity contribution in [3.63, 3.8) is 0 Å². The van der Waals surface area contributed by atoms with Crippen LogP contribution in [0.1, 0.15) is 30.5 Å². The molecule has 1 amide bonds. The van der Waals surface area contributed by atoms with Gasteiger partial charge in [-0.15, -0.1) is 0 Å². The molecule has 4 rings (SSSR count). The second kappa shape index (κ2) is 11.4. The molecule has 7 nitrogen and oxygen atoms in total. The normalized spacial score (nSPS) is 22.8. The summed E-state index contributed by atoms with van der Waals surface area (Å²) in [6.07, 6.45) is -3.56. The van der Waals surface area contributed by atoms with Crippen LogP contribution in [0.15, 0.2) is 83.8 Å². The predicted molar refractivity (Wildman–Crippen MR) is 149 cm³/mol. The van der Waals surface area contributed by atoms with Crippen LogP contribution in [0.3, 0.4) is 0 Å². The number of nitrogens with one attached hydrogen (secondary N) is 1. The molecule has 1 aliphatic rings. The molecule has 3 aromatic rings. The third-order valence-corrected chi connectivity index (χ3v) is 9.03. The Morgan fingerprint density at radius 3 is 2.02 bits per heavy atom. The van der Waals surface area contributed by atoms with Gasteiger partial charge in [0.25, 0.3) is 0 Å². The summed E-state index contributed by atoms with van der Waals surface area (Å²) in [5.41, 5.74) is 12.3. The molecule has 0 heterocycles. The summed E-state index contributed by atoms with van der Waals surface area (Å²) in [5, 5.41) is 2.48. The fourth-order valence-corrected chi connectivity index (χ4v) is 6.19. The average Bonchev–Trinajstić information content (AvgIpc) is 3.13. The summed E-state index contributed by atoms with van der Waals surface area (Å²) >= 11 is 0. The van der Waals surface area contributed by atoms with Gasteiger partial charge in [0.1, 0.15) is 6.04 Å². The first-order valence-corrected chi connectivity index (χ1v) is 14.9. The standard InChI is InChI=1S/C30H32F3N3O4S/c1-18-16-25(27(37)29(18,35)24(28(34)38)17-19-6-4-3-5-7-19)36-26(30(31,32)33)22-10-8-20(9-11-22)21-12-14-23(15-13-21)41(2,39)40/h3-15,18,24-26,36H,16-17,35H2,1-2H3,(H2,34,38)/t18?,24-,25+,26+,29?/m1/s1. The predicted octanol–water partition coefficient (Wildman–Crippen LogP) is 3.97. The van der Waals surface area contributed by atoms with E-state index in [1.165, 1.54) is 36.4 Å². The molecular weight excluding hydrogens is 555 g/mol. The number of carbonyl (C=O) groups excluding carboxylic acids is 2. The lowest BCUT2D eigenvalue weighted by Gasteiger charge is -2.34. The van der Waals surface area contributed by atoms with E-state index >= 15 is 0 Å². The number of alkyl halides is 3. The maximum absolute atomic E-state index is 14.3. The molecule has 1 fully saturated rings. The zero-order chi connectivity index (χ0) is 30.2. The number of Topliss-reactive ketones (excluding diaryl/α,β-unsaturated/α-hetero) is 1. The fourth-order valence-electron chi connectivity index (χ4n) is 5.56. The molecule has 1 saturated carbocycles. The molecule has 0 aliphatic heterocycles. The Morgan fingerprint density at radius 2 is 1.54 bits per heavy atom. The Hall–Kier alpha value is -3.54. The maximum atomic E-state index is 14.3. The van der Waals surface area contributed by atoms with E-state index in [0.29, 0.717) is 11.1 Å². The number of benzene rings is 3. The molecule has 11 heteroatoms. The Kier molecular flexibility index (Phi) is 8.45. The van der Waals surface area contributed by atoms with Crippen molar-refractivity contribution in [3.8, 4) is 11.1 Å². The number of nitrogens with two attached hydrogens (primary N) is 2. The van der Waals surface area contributed by atoms with Gasteiger partial charge in [0, 0.05) is 6.26 Å². The lowest BCUT2D eigenvalue weighted by molar-refractivity contribution is -0.160. The van der Waals surface area contributed by atoms with Crippen LogP contribution in [0.4, 0.5) is 13.2 Å². The molecular formula is C30H32F3N3O4S. The van der Waals surface area contributed by atoms with Crippen LogP contribution in [-0.4, -0.2) is 44.1 Å². The summed E-state index contributed by atoms with van der Waals surface area (Å²) in [6, 6.07) is 17.1. The van der Waals surface area contributed by atoms with E-state index < -0.39 is 57.2 Å². The second-order valence-electron chi connectivity index (χ2n) is 10.7. The fraction of sp³-hybridized carbons (Fsp3) is 0.333. The maximum Gasteiger partial charge on any atom is 0.407 e. The van der Waals surface area contributed by atoms with Crippen LogP contribution in [0.2, 0.25) is 0 Å². The summed E-state index contributed by atoms with van der Waals surface area (Å²) in [5.74, 6) is -3.18. The van der Waals surface area contributed by atoms with Crippen LogP contribution < -0.4 is 16.8 Å². The molecule has 0 saturated heterocycles. The van der Waals surface area contributed by atoms with E-state index in [2.05, 4.69) is 5.32 Å². The van der Waals surface area contributed by atoms with Gasteiger partial charge in [-0.25, -0.2) is 8.42 Å². The molecule has 2 unspecified atom stereocenters. The van der Waals surface area contributed by atoms with Gasteiger partial charge in [0.2, 0.25) is 5.91 Å². The van der Waals surface area contributed by atoms with Crippen molar-refractivity contribution in [1.29, 1.82) is 0 Å². The molecule has 218 valence electrons. The third-order valence-electron chi connectivity index (χ3n) is 7.91. The quantitative estimate of drug-likeness (QED) is 0.347. The highest BCUT2D eigenvalue weighted by molar-refractivity contribution is 7.90. The van der Waals surface area contributed by atoms with Crippen molar-refractivity contribution in [2.24, 2.45) is 23.3 Å². The van der Waals surface area contributed by atoms with Gasteiger partial charge in [0.15, 0.2) is 15.6 Å². The van der Waals surface area contributed by atoms with E-state index in [1.807, 2.05) is 0 Å². The Morgan fingerprint density at radius 1 is 1.00 bits per heavy atom. The van der Waals surface area contributed by atoms with Gasteiger partial charge >= 0.3 is 6.18 Å². The molecule has 5 N–H and O–H groups in total. The van der Waals surface area contributed by atoms with Crippen LogP contribution in [0, 0.1) is 11.8 Å². The number of halogens is 3. The topological polar surface area (TPSA) is 132 Å². The average molecular weight is 588 g/mol. The number of hydrogen-bond donors (Lipinski definition) is 3. The summed E-state index contributed by atoms with van der Waals surface area (Å²) in [4.78, 5) is 26.2. The molecule has 0 radical (unpaired) electrons. The molecule has 0 spiro atoms. The summed E-state index contributed by atoms with van der Waals surface area (Å²) in [6.45, 7) is 1.65. The highest BCUT2D eigenvalue weighted by atomic mass is 32.2. The minimum absolute atomic E-state index is 0.00521. The lowest BCUT2D eigenvalue weighted by atomic mass is 9.73. The zero-order valence-corrected chi connectivity index (χ0v) is 23.4. The summed E-state index contributed by atoms with van der Waals surface area (Å²) in [7, 11) is -3.39. The van der Waals surface area contributed by atoms with E-state index in [1.54, 1.807) is 49.4 Å². The van der Waals surface area contributed by atoms with Gasteiger partial charge in [-0.2, -0.15) is 13.2 Å². The number of amides is 1. The Labute approximate surface area is 237 Å². The van der Waals surface area contributed by atoms with Gasteiger partial charge in [0.05, 0.1) is 22.4 Å². The van der Waals surface area contributed by atoms with Crippen molar-refractivity contribution in [2.75, 3.05) is 6.26 Å². The number of primary amides is 1. The third kappa shape index (κ3) is 6.37. The van der Waals surface area contributed by atoms with Crippen LogP contribution in [0.25, 0.3) is 11.1 Å². The molecule has 0 aromatic heterocycles. The minimum atomic E-state index is -4.74. The number of hydrogen-bond acceptors (Lipinski definition) is 6. The van der Waals surface area contributed by atoms with Crippen molar-refractivity contribution in [1.82, 2.24) is 5.32 Å². The number of carbonyl (C=O) groups is 2. The molecule has 1 aliphatic carbocycles. The van der Waals surface area contributed by atoms with E-state index in [-0.39, 0.29) is 23.3 Å². The second-order valence-corrected chi connectivity index (χ2v) is 12.7. The molecule has 3 aromatic carbocycles. The first-order valence-electron chi connectivity index (χ1n) is 13.0. The molecule has 5 atom stereocenters. The smallest absolute Gasteiger partial charge is 0.369 e. The number of ketones is 1. The van der Waals surface area contributed by atoms with Gasteiger partial charge in [-0.1, -0.05) is 73.7 Å². The van der Waals surface area contributed by atoms with Gasteiger partial charge in [-0.3, -0.25) is 14.9 Å². The SMILES string of the molecule is CC1C[C@H](N[C@@H](c2ccc(-c3ccc(S(C)(=O)=O)cc3)cc2)C(F)(F)F)C(=O)C1(N)[C@H](Cc1ccccc1)C(N)=O. The Balaban J connectivity index is 1.58.